The van der Waals surface area contributed by atoms with E-state index in [1.165, 1.54) is 45.2 Å². The Morgan fingerprint density at radius 2 is 1.58 bits per heavy atom. The fourth-order valence-corrected chi connectivity index (χ4v) is 5.40. The van der Waals surface area contributed by atoms with Crippen molar-refractivity contribution < 1.29 is 36.7 Å². The van der Waals surface area contributed by atoms with Crippen molar-refractivity contribution in [1.29, 1.82) is 0 Å². The molecule has 3 atom stereocenters. The topological polar surface area (TPSA) is 60.4 Å². The first kappa shape index (κ1) is 40.2. The average Bonchev–Trinajstić information content (AvgIpc) is 3.68. The molecular formula is C35H50F4O4. The number of carbonyl (C=O) groups excluding carboxylic acids is 3. The Balaban J connectivity index is 0.000000775. The van der Waals surface area contributed by atoms with Crippen LogP contribution in [-0.4, -0.2) is 31.3 Å². The lowest BCUT2D eigenvalue weighted by Gasteiger charge is -2.21. The fourth-order valence-electron chi connectivity index (χ4n) is 5.40. The summed E-state index contributed by atoms with van der Waals surface area (Å²) in [6.45, 7) is 13.0. The summed E-state index contributed by atoms with van der Waals surface area (Å²) in [6, 6.07) is 8.35. The first-order valence-electron chi connectivity index (χ1n) is 15.2. The molecule has 4 rings (SSSR count). The van der Waals surface area contributed by atoms with Gasteiger partial charge in [-0.1, -0.05) is 45.9 Å². The van der Waals surface area contributed by atoms with E-state index in [4.69, 9.17) is 14.3 Å². The lowest BCUT2D eigenvalue weighted by atomic mass is 9.84. The second-order valence-corrected chi connectivity index (χ2v) is 11.2. The van der Waals surface area contributed by atoms with Gasteiger partial charge in [0.2, 0.25) is 0 Å². The Morgan fingerprint density at radius 1 is 1.05 bits per heavy atom. The number of carbonyl (C=O) groups is 1. The molecule has 8 heteroatoms. The van der Waals surface area contributed by atoms with E-state index in [1.54, 1.807) is 32.2 Å². The highest BCUT2D eigenvalue weighted by Gasteiger charge is 2.53. The van der Waals surface area contributed by atoms with Crippen LogP contribution in [-0.2, 0) is 25.5 Å². The van der Waals surface area contributed by atoms with Gasteiger partial charge in [-0.05, 0) is 106 Å². The van der Waals surface area contributed by atoms with Crippen LogP contribution in [0.1, 0.15) is 99.0 Å². The second-order valence-electron chi connectivity index (χ2n) is 11.2. The maximum Gasteiger partial charge on any atom is 0.373 e. The molecule has 0 aliphatic heterocycles. The minimum atomic E-state index is -0.685. The average molecular weight is 611 g/mol. The van der Waals surface area contributed by atoms with Crippen molar-refractivity contribution in [3.05, 3.63) is 59.4 Å². The van der Waals surface area contributed by atoms with Gasteiger partial charge in [0.15, 0.2) is 0 Å². The third-order valence-electron chi connectivity index (χ3n) is 7.92. The van der Waals surface area contributed by atoms with Gasteiger partial charge in [-0.2, -0.15) is 9.59 Å². The minimum absolute atomic E-state index is 0.246. The first-order valence-corrected chi connectivity index (χ1v) is 15.2. The molecule has 0 N–H and O–H groups in total. The van der Waals surface area contributed by atoms with E-state index in [9.17, 15) is 22.4 Å². The number of ether oxygens (including phenoxy) is 1. The van der Waals surface area contributed by atoms with Crippen molar-refractivity contribution in [2.75, 3.05) is 7.11 Å². The predicted octanol–water partition coefficient (Wildman–Crippen LogP) is 9.73. The Bertz CT molecular complexity index is 1100. The largest absolute Gasteiger partial charge is 0.381 e. The summed E-state index contributed by atoms with van der Waals surface area (Å²) in [7, 11) is 1.69. The van der Waals surface area contributed by atoms with E-state index < -0.39 is 17.8 Å². The molecule has 0 radical (unpaired) electrons. The number of methoxy groups -OCH3 is 1. The van der Waals surface area contributed by atoms with Crippen molar-refractivity contribution in [2.24, 2.45) is 17.3 Å². The van der Waals surface area contributed by atoms with E-state index in [2.05, 4.69) is 13.8 Å². The Hall–Kier alpha value is -2.83. The van der Waals surface area contributed by atoms with Crippen LogP contribution in [0, 0.1) is 34.7 Å². The van der Waals surface area contributed by atoms with Crippen molar-refractivity contribution in [2.45, 2.75) is 112 Å². The molecule has 2 aromatic rings. The van der Waals surface area contributed by atoms with E-state index >= 15 is 0 Å². The highest BCUT2D eigenvalue weighted by atomic mass is 19.1. The summed E-state index contributed by atoms with van der Waals surface area (Å²) < 4.78 is 58.0. The van der Waals surface area contributed by atoms with Crippen LogP contribution in [0.25, 0.3) is 11.1 Å². The summed E-state index contributed by atoms with van der Waals surface area (Å²) in [4.78, 5) is 26.8. The second kappa shape index (κ2) is 21.0. The van der Waals surface area contributed by atoms with E-state index in [1.807, 2.05) is 13.8 Å². The molecule has 2 saturated carbocycles. The Kier molecular flexibility index (Phi) is 19.6. The maximum absolute atomic E-state index is 15.0. The maximum atomic E-state index is 15.0. The van der Waals surface area contributed by atoms with Crippen molar-refractivity contribution in [1.82, 2.24) is 0 Å². The Morgan fingerprint density at radius 3 is 2.00 bits per heavy atom. The number of hydrogen-bond acceptors (Lipinski definition) is 4. The zero-order chi connectivity index (χ0) is 33.2. The van der Waals surface area contributed by atoms with Crippen LogP contribution < -0.4 is 0 Å². The number of Topliss-reactive ketones (excluding diaryl/α,β-unsaturated/α-hetero) is 1. The van der Waals surface area contributed by atoms with Crippen molar-refractivity contribution in [3.63, 3.8) is 0 Å². The van der Waals surface area contributed by atoms with Crippen LogP contribution in [0.3, 0.4) is 0 Å². The molecular weight excluding hydrogens is 560 g/mol. The summed E-state index contributed by atoms with van der Waals surface area (Å²) in [5.74, 6) is -0.333. The number of alkyl halides is 1. The first-order chi connectivity index (χ1) is 20.3. The number of rotatable bonds is 8. The fraction of sp³-hybridized carbons (Fsp3) is 0.600. The summed E-state index contributed by atoms with van der Waals surface area (Å²) in [5.41, 5.74) is 1.72. The third kappa shape index (κ3) is 14.5. The van der Waals surface area contributed by atoms with Crippen molar-refractivity contribution >= 4 is 11.9 Å². The number of benzene rings is 2. The minimum Gasteiger partial charge on any atom is -0.381 e. The molecule has 2 fully saturated rings. The molecule has 43 heavy (non-hydrogen) atoms. The number of ketones is 1. The van der Waals surface area contributed by atoms with E-state index in [-0.39, 0.29) is 35.0 Å². The van der Waals surface area contributed by atoms with Gasteiger partial charge in [-0.15, -0.1) is 0 Å². The van der Waals surface area contributed by atoms with Crippen LogP contribution in [0.15, 0.2) is 36.4 Å². The molecule has 2 aliphatic carbocycles. The molecule has 3 unspecified atom stereocenters. The van der Waals surface area contributed by atoms with E-state index in [0.717, 1.165) is 25.3 Å². The number of halogens is 4. The quantitative estimate of drug-likeness (QED) is 0.279. The van der Waals surface area contributed by atoms with E-state index in [0.29, 0.717) is 35.7 Å². The highest BCUT2D eigenvalue weighted by Crippen LogP contribution is 2.63. The summed E-state index contributed by atoms with van der Waals surface area (Å²) in [5, 5.41) is 0. The smallest absolute Gasteiger partial charge is 0.373 e. The zero-order valence-electron chi connectivity index (χ0n) is 27.1. The van der Waals surface area contributed by atoms with Crippen LogP contribution >= 0.6 is 0 Å². The van der Waals surface area contributed by atoms with Gasteiger partial charge in [-0.25, -0.2) is 17.6 Å². The molecule has 0 aromatic heterocycles. The molecule has 2 aromatic carbocycles. The van der Waals surface area contributed by atoms with Gasteiger partial charge in [-0.3, -0.25) is 0 Å². The molecule has 0 bridgehead atoms. The molecule has 0 heterocycles. The molecule has 2 aliphatic rings. The zero-order valence-corrected chi connectivity index (χ0v) is 27.1. The van der Waals surface area contributed by atoms with Gasteiger partial charge in [0.05, 0.1) is 12.3 Å². The third-order valence-corrected chi connectivity index (χ3v) is 7.92. The lowest BCUT2D eigenvalue weighted by molar-refractivity contribution is -0.191. The predicted molar refractivity (Wildman–Crippen MR) is 163 cm³/mol. The van der Waals surface area contributed by atoms with Crippen LogP contribution in [0.5, 0.6) is 0 Å². The van der Waals surface area contributed by atoms with Gasteiger partial charge in [0.1, 0.15) is 23.2 Å². The SMILES string of the molecule is CC.CC(C)F.CC1C(Cc2cccc(-c3cc(F)cc(F)c3)c2F)CCC12CC2.CCC(CCC(C)=O)OC.O=C=O. The van der Waals surface area contributed by atoms with Crippen LogP contribution in [0.4, 0.5) is 17.6 Å². The van der Waals surface area contributed by atoms with Crippen LogP contribution in [0.2, 0.25) is 0 Å². The standard InChI is InChI=1S/C21H21F3.C8H16O2.C3H7F.C2H6.CO2/c1-13-14(5-6-21(13)7-8-21)9-15-3-2-4-19(20(15)24)16-10-17(22)12-18(23)11-16;1-4-8(10-3)6-5-7(2)9;1-3(2)4;1-2;2-1-3/h2-4,10-14H,5-9H2,1H3;8H,4-6H2,1-3H3;3H,1-2H3;1-2H3;. The normalized spacial score (nSPS) is 17.9. The molecule has 4 nitrogen and oxygen atoms in total. The van der Waals surface area contributed by atoms with Gasteiger partial charge in [0.25, 0.3) is 0 Å². The van der Waals surface area contributed by atoms with Crippen molar-refractivity contribution in [3.8, 4) is 11.1 Å². The Labute approximate surface area is 255 Å². The number of hydrogen-bond donors (Lipinski definition) is 0. The summed E-state index contributed by atoms with van der Waals surface area (Å²) in [6.07, 6.45) is 8.10. The molecule has 242 valence electrons. The van der Waals surface area contributed by atoms with Gasteiger partial charge >= 0.3 is 6.15 Å². The van der Waals surface area contributed by atoms with Gasteiger partial charge < -0.3 is 9.53 Å². The lowest BCUT2D eigenvalue weighted by Crippen LogP contribution is -2.14. The molecule has 0 saturated heterocycles. The molecule has 0 amide bonds. The molecule has 1 spiro atoms. The monoisotopic (exact) mass is 610 g/mol. The summed E-state index contributed by atoms with van der Waals surface area (Å²) >= 11 is 0. The van der Waals surface area contributed by atoms with Gasteiger partial charge in [0, 0.05) is 25.2 Å². The highest BCUT2D eigenvalue weighted by molar-refractivity contribution is 5.75.